The maximum atomic E-state index is 11.9. The smallest absolute Gasteiger partial charge is 0.197 e. The van der Waals surface area contributed by atoms with Gasteiger partial charge in [-0.1, -0.05) is 6.08 Å². The third-order valence-electron chi connectivity index (χ3n) is 2.55. The number of carbonyl (C=O) groups is 1. The average Bonchev–Trinajstić information content (AvgIpc) is 2.19. The van der Waals surface area contributed by atoms with Gasteiger partial charge in [-0.15, -0.1) is 0 Å². The van der Waals surface area contributed by atoms with Crippen molar-refractivity contribution in [3.05, 3.63) is 22.0 Å². The Kier molecular flexibility index (Phi) is 6.10. The molecule has 0 saturated carbocycles. The fraction of sp³-hybridized carbons (Fsp3) is 0.545. The Morgan fingerprint density at radius 3 is 1.57 bits per heavy atom. The van der Waals surface area contributed by atoms with Gasteiger partial charge < -0.3 is 0 Å². The summed E-state index contributed by atoms with van der Waals surface area (Å²) in [4.78, 5) is 10.0. The number of hydrogen-bond acceptors (Lipinski definition) is 7. The first kappa shape index (κ1) is 20.0. The molecule has 0 amide bonds. The van der Waals surface area contributed by atoms with Crippen molar-refractivity contribution in [2.75, 3.05) is 18.8 Å². The number of rotatable bonds is 6. The summed E-state index contributed by atoms with van der Waals surface area (Å²) in [6.45, 7) is 2.47. The normalized spacial score (nSPS) is 16.6. The minimum Gasteiger partial charge on any atom is -0.288 e. The van der Waals surface area contributed by atoms with Crippen LogP contribution in [-0.4, -0.2) is 55.1 Å². The molecule has 0 aromatic carbocycles. The molecule has 0 aliphatic rings. The standard InChI is InChI=1S/C11H18O7S3/c1-6-7-9(12)11(21(5,17)18)10(20(4,15)16)8(2)19(3,13)14/h6-8H,1-5H3/b7-6-,11-10-. The zero-order chi connectivity index (χ0) is 17.2. The lowest BCUT2D eigenvalue weighted by molar-refractivity contribution is -0.110. The summed E-state index contributed by atoms with van der Waals surface area (Å²) in [5.74, 6) is -1.07. The van der Waals surface area contributed by atoms with Crippen LogP contribution in [0.25, 0.3) is 0 Å². The first-order chi connectivity index (χ1) is 9.14. The van der Waals surface area contributed by atoms with E-state index >= 15 is 0 Å². The van der Waals surface area contributed by atoms with Gasteiger partial charge in [0.15, 0.2) is 35.3 Å². The topological polar surface area (TPSA) is 119 Å². The minimum atomic E-state index is -4.24. The van der Waals surface area contributed by atoms with Crippen LogP contribution in [0.15, 0.2) is 22.0 Å². The Labute approximate surface area is 125 Å². The van der Waals surface area contributed by atoms with E-state index in [9.17, 15) is 30.0 Å². The van der Waals surface area contributed by atoms with Crippen LogP contribution >= 0.6 is 0 Å². The van der Waals surface area contributed by atoms with E-state index in [0.717, 1.165) is 19.3 Å². The van der Waals surface area contributed by atoms with E-state index in [4.69, 9.17) is 0 Å². The molecule has 0 rings (SSSR count). The van der Waals surface area contributed by atoms with Crippen molar-refractivity contribution in [2.45, 2.75) is 19.1 Å². The lowest BCUT2D eigenvalue weighted by Gasteiger charge is -2.16. The van der Waals surface area contributed by atoms with E-state index in [1.807, 2.05) is 0 Å². The van der Waals surface area contributed by atoms with Crippen LogP contribution in [0.1, 0.15) is 13.8 Å². The van der Waals surface area contributed by atoms with Gasteiger partial charge in [-0.25, -0.2) is 25.3 Å². The zero-order valence-corrected chi connectivity index (χ0v) is 14.8. The lowest BCUT2D eigenvalue weighted by Crippen LogP contribution is -2.28. The summed E-state index contributed by atoms with van der Waals surface area (Å²) in [7, 11) is -12.4. The molecule has 0 bridgehead atoms. The third kappa shape index (κ3) is 5.36. The molecule has 0 N–H and O–H groups in total. The van der Waals surface area contributed by atoms with E-state index in [-0.39, 0.29) is 0 Å². The van der Waals surface area contributed by atoms with Crippen LogP contribution < -0.4 is 0 Å². The van der Waals surface area contributed by atoms with Gasteiger partial charge in [0.2, 0.25) is 0 Å². The SMILES string of the molecule is C/C=C\C(=O)/C(=C(\C(C)S(C)(=O)=O)S(C)(=O)=O)S(C)(=O)=O. The second-order valence-electron chi connectivity index (χ2n) is 4.57. The lowest BCUT2D eigenvalue weighted by atomic mass is 10.3. The molecule has 0 radical (unpaired) electrons. The van der Waals surface area contributed by atoms with Gasteiger partial charge in [-0.2, -0.15) is 0 Å². The highest BCUT2D eigenvalue weighted by molar-refractivity contribution is 8.00. The molecular formula is C11H18O7S3. The van der Waals surface area contributed by atoms with Crippen LogP contribution in [0.4, 0.5) is 0 Å². The molecule has 1 atom stereocenters. The summed E-state index contributed by atoms with van der Waals surface area (Å²) in [5.41, 5.74) is 0. The molecule has 21 heavy (non-hydrogen) atoms. The summed E-state index contributed by atoms with van der Waals surface area (Å²) < 4.78 is 70.5. The first-order valence-corrected chi connectivity index (χ1v) is 11.4. The molecule has 0 aromatic heterocycles. The van der Waals surface area contributed by atoms with Gasteiger partial charge in [0, 0.05) is 18.8 Å². The van der Waals surface area contributed by atoms with E-state index in [2.05, 4.69) is 0 Å². The highest BCUT2D eigenvalue weighted by Gasteiger charge is 2.36. The van der Waals surface area contributed by atoms with E-state index in [1.54, 1.807) is 0 Å². The van der Waals surface area contributed by atoms with Crippen LogP contribution in [0.2, 0.25) is 0 Å². The van der Waals surface area contributed by atoms with Crippen LogP contribution in [0.5, 0.6) is 0 Å². The number of ketones is 1. The highest BCUT2D eigenvalue weighted by atomic mass is 32.2. The molecule has 0 aliphatic carbocycles. The quantitative estimate of drug-likeness (QED) is 0.606. The maximum Gasteiger partial charge on any atom is 0.197 e. The molecule has 10 heteroatoms. The molecule has 0 aliphatic heterocycles. The average molecular weight is 358 g/mol. The molecular weight excluding hydrogens is 340 g/mol. The predicted molar refractivity (Wildman–Crippen MR) is 80.8 cm³/mol. The Bertz CT molecular complexity index is 794. The minimum absolute atomic E-state index is 0.657. The van der Waals surface area contributed by atoms with Gasteiger partial charge in [-0.3, -0.25) is 4.79 Å². The summed E-state index contributed by atoms with van der Waals surface area (Å²) in [5, 5.41) is -1.65. The molecule has 0 aromatic rings. The maximum absolute atomic E-state index is 11.9. The highest BCUT2D eigenvalue weighted by Crippen LogP contribution is 2.25. The number of sulfone groups is 3. The largest absolute Gasteiger partial charge is 0.288 e. The van der Waals surface area contributed by atoms with Crippen molar-refractivity contribution < 1.29 is 30.0 Å². The van der Waals surface area contributed by atoms with Crippen LogP contribution in [0.3, 0.4) is 0 Å². The van der Waals surface area contributed by atoms with E-state index < -0.39 is 50.4 Å². The van der Waals surface area contributed by atoms with Gasteiger partial charge in [0.05, 0.1) is 10.2 Å². The van der Waals surface area contributed by atoms with Crippen molar-refractivity contribution >= 4 is 35.3 Å². The fourth-order valence-corrected chi connectivity index (χ4v) is 6.12. The monoisotopic (exact) mass is 358 g/mol. The Morgan fingerprint density at radius 1 is 0.905 bits per heavy atom. The molecule has 1 unspecified atom stereocenters. The third-order valence-corrected chi connectivity index (χ3v) is 6.87. The Balaban J connectivity index is 7.03. The molecule has 0 saturated heterocycles. The number of allylic oxidation sites excluding steroid dienone is 3. The van der Waals surface area contributed by atoms with Crippen molar-refractivity contribution in [3.63, 3.8) is 0 Å². The Morgan fingerprint density at radius 2 is 1.33 bits per heavy atom. The van der Waals surface area contributed by atoms with Gasteiger partial charge in [0.25, 0.3) is 0 Å². The number of hydrogen-bond donors (Lipinski definition) is 0. The van der Waals surface area contributed by atoms with Crippen molar-refractivity contribution in [1.82, 2.24) is 0 Å². The second kappa shape index (κ2) is 6.41. The van der Waals surface area contributed by atoms with Crippen molar-refractivity contribution in [3.8, 4) is 0 Å². The molecule has 122 valence electrons. The van der Waals surface area contributed by atoms with Gasteiger partial charge in [0.1, 0.15) is 4.91 Å². The predicted octanol–water partition coefficient (Wildman–Crippen LogP) is -0.134. The molecule has 0 fully saturated rings. The Hall–Kier alpha value is -1.00. The second-order valence-corrected chi connectivity index (χ2v) is 10.9. The number of carbonyl (C=O) groups excluding carboxylic acids is 1. The van der Waals surface area contributed by atoms with Gasteiger partial charge in [-0.05, 0) is 19.9 Å². The van der Waals surface area contributed by atoms with Crippen LogP contribution in [0, 0.1) is 0 Å². The van der Waals surface area contributed by atoms with Crippen LogP contribution in [-0.2, 0) is 34.3 Å². The molecule has 7 nitrogen and oxygen atoms in total. The summed E-state index contributed by atoms with van der Waals surface area (Å²) in [6.07, 6.45) is 4.19. The summed E-state index contributed by atoms with van der Waals surface area (Å²) >= 11 is 0. The van der Waals surface area contributed by atoms with E-state index in [0.29, 0.717) is 12.5 Å². The van der Waals surface area contributed by atoms with Crippen molar-refractivity contribution in [2.24, 2.45) is 0 Å². The zero-order valence-electron chi connectivity index (χ0n) is 12.3. The fourth-order valence-electron chi connectivity index (χ4n) is 1.56. The molecule has 0 spiro atoms. The molecule has 0 heterocycles. The first-order valence-electron chi connectivity index (χ1n) is 5.64. The van der Waals surface area contributed by atoms with Gasteiger partial charge >= 0.3 is 0 Å². The van der Waals surface area contributed by atoms with Crippen molar-refractivity contribution in [1.29, 1.82) is 0 Å². The summed E-state index contributed by atoms with van der Waals surface area (Å²) in [6, 6.07) is 0. The van der Waals surface area contributed by atoms with E-state index in [1.165, 1.54) is 13.0 Å².